The lowest BCUT2D eigenvalue weighted by molar-refractivity contribution is -0.177. The zero-order chi connectivity index (χ0) is 79.5. The fraction of sp³-hybridized carbons (Fsp3) is 0.415. The molecule has 3 unspecified atom stereocenters. The first kappa shape index (κ1) is 79.9. The molecule has 3 N–H and O–H groups in total. The monoisotopic (exact) mass is 1560 g/mol. The van der Waals surface area contributed by atoms with E-state index in [0.717, 1.165) is 54.2 Å². The van der Waals surface area contributed by atoms with Crippen LogP contribution in [0.25, 0.3) is 9.69 Å². The van der Waals surface area contributed by atoms with E-state index >= 15 is 0 Å². The van der Waals surface area contributed by atoms with Gasteiger partial charge >= 0.3 is 18.1 Å². The van der Waals surface area contributed by atoms with Gasteiger partial charge < -0.3 is 45.3 Å². The zero-order valence-electron chi connectivity index (χ0n) is 58.1. The standard InChI is InChI=1S/C22H21F4N7O4.C22H22F3N7O4.C21H21ClF4N6O4/c1-27-18-12(23)4-5-14(17(18)26)28-22(36)32-7-6-13-11(8-32)19-21(35)31(3)37-15(9-33(19)29-13)20(34)30(2)10-16(24)25;1-26-16-8-12(4-5-14(16)23)27-22(35)31-7-6-15-13(9-31)19-21(34)30(3)36-17(10-32(19)28-15)20(33)29(2)11-18(24)25;1-29(9-17(25)26)19(33)16-8-32-18(20(34)30(2)36-16)10-7-31(4-3-14(10)28-32)21(35)27-15-5-11(22)12(23)6-13(15)24/h4-5,15-16H,6-10H2,2-3H3,(H,28,36);4-5,8,17-18H,6-7,9-11H2,2-3H3,(H,27,35);5-6,16-17H,3-4,7-9H2,1-2H3,(H,27,35). The second-order valence-corrected chi connectivity index (χ2v) is 25.5. The van der Waals surface area contributed by atoms with Crippen LogP contribution in [0.5, 0.6) is 0 Å². The highest BCUT2D eigenvalue weighted by Gasteiger charge is 2.43. The van der Waals surface area contributed by atoms with Crippen LogP contribution < -0.4 is 16.0 Å². The number of benzene rings is 3. The third-order valence-electron chi connectivity index (χ3n) is 17.7. The third-order valence-corrected chi connectivity index (χ3v) is 18.0. The molecule has 32 nitrogen and oxygen atoms in total. The van der Waals surface area contributed by atoms with Crippen LogP contribution in [0.1, 0.15) is 65.2 Å². The molecule has 580 valence electrons. The Balaban J connectivity index is 0.000000174. The van der Waals surface area contributed by atoms with Crippen LogP contribution in [-0.4, -0.2) is 247 Å². The summed E-state index contributed by atoms with van der Waals surface area (Å²) < 4.78 is 149. The van der Waals surface area contributed by atoms with Gasteiger partial charge in [0.2, 0.25) is 5.69 Å². The average molecular weight is 1560 g/mol. The Morgan fingerprint density at radius 1 is 0.514 bits per heavy atom. The molecule has 3 aromatic carbocycles. The summed E-state index contributed by atoms with van der Waals surface area (Å²) in [4.78, 5) is 144. The van der Waals surface area contributed by atoms with E-state index in [1.165, 1.54) is 83.2 Å². The van der Waals surface area contributed by atoms with Gasteiger partial charge in [-0.25, -0.2) is 87.6 Å². The molecule has 3 aromatic heterocycles. The minimum Gasteiger partial charge on any atom is -0.338 e. The molecule has 12 rings (SSSR count). The Hall–Kier alpha value is -11.7. The summed E-state index contributed by atoms with van der Waals surface area (Å²) in [6, 6.07) is 5.02. The number of fused-ring (bicyclic) bond motifs is 9. The van der Waals surface area contributed by atoms with E-state index in [2.05, 4.69) is 40.9 Å². The van der Waals surface area contributed by atoms with E-state index in [4.69, 9.17) is 39.3 Å². The molecule has 0 spiro atoms. The SMILES string of the molecule is CN(CC(F)F)C(=O)C1Cn2nc3c(c2C(=O)N(C)O1)CN(C(=O)Nc1cc(Cl)c(F)cc1F)CC3.[C-]#[N+]c1c(F)ccc(NC(=O)N2CCc3nn4c(c3C2)C(=O)N(C)OC(C(=O)N(C)CC(F)F)C4)c1F.[C-]#[N+]c1cc(NC(=O)N2CCc3nn4c(c3C2)C(=O)N(C)OC(C(=O)N(C)CC(F)F)C4)ccc1F. The van der Waals surface area contributed by atoms with Gasteiger partial charge in [0.15, 0.2) is 24.1 Å². The van der Waals surface area contributed by atoms with Gasteiger partial charge in [-0.3, -0.25) is 57.3 Å². The summed E-state index contributed by atoms with van der Waals surface area (Å²) in [7, 11) is 7.47. The van der Waals surface area contributed by atoms with Crippen molar-refractivity contribution < 1.29 is 106 Å². The number of carbonyl (C=O) groups is 9. The largest absolute Gasteiger partial charge is 0.338 e. The van der Waals surface area contributed by atoms with Crippen molar-refractivity contribution in [1.82, 2.24) is 73.9 Å². The van der Waals surface area contributed by atoms with Crippen molar-refractivity contribution in [1.29, 1.82) is 0 Å². The number of hydrogen-bond acceptors (Lipinski definition) is 15. The van der Waals surface area contributed by atoms with Crippen LogP contribution >= 0.6 is 11.6 Å². The number of halogens is 12. The Labute approximate surface area is 615 Å². The fourth-order valence-electron chi connectivity index (χ4n) is 12.3. The molecule has 3 atom stereocenters. The number of aromatic nitrogens is 6. The molecule has 0 saturated heterocycles. The van der Waals surface area contributed by atoms with Crippen molar-refractivity contribution in [2.24, 2.45) is 0 Å². The van der Waals surface area contributed by atoms with Gasteiger partial charge in [0.1, 0.15) is 40.4 Å². The smallest absolute Gasteiger partial charge is 0.322 e. The first-order valence-corrected chi connectivity index (χ1v) is 33.0. The summed E-state index contributed by atoms with van der Waals surface area (Å²) in [5, 5.41) is 22.6. The number of anilines is 3. The summed E-state index contributed by atoms with van der Waals surface area (Å²) in [6.07, 6.45) is -11.2. The first-order valence-electron chi connectivity index (χ1n) is 32.6. The molecular formula is C65H64ClF11N20O12. The Kier molecular flexibility index (Phi) is 24.3. The predicted molar refractivity (Wildman–Crippen MR) is 355 cm³/mol. The quantitative estimate of drug-likeness (QED) is 0.0620. The molecule has 0 saturated carbocycles. The van der Waals surface area contributed by atoms with Gasteiger partial charge in [0, 0.05) is 110 Å². The van der Waals surface area contributed by atoms with Crippen molar-refractivity contribution in [3.05, 3.63) is 150 Å². The highest BCUT2D eigenvalue weighted by atomic mass is 35.5. The number of rotatable bonds is 12. The molecule has 6 aliphatic rings. The van der Waals surface area contributed by atoms with E-state index in [1.54, 1.807) is 0 Å². The molecule has 6 aliphatic heterocycles. The number of urea groups is 3. The molecular weight excluding hydrogens is 1500 g/mol. The van der Waals surface area contributed by atoms with Crippen molar-refractivity contribution in [2.75, 3.05) is 97.5 Å². The maximum absolute atomic E-state index is 14.4. The summed E-state index contributed by atoms with van der Waals surface area (Å²) in [5.41, 5.74) is 1.59. The Morgan fingerprint density at radius 3 is 1.25 bits per heavy atom. The lowest BCUT2D eigenvalue weighted by Gasteiger charge is -2.27. The van der Waals surface area contributed by atoms with E-state index in [-0.39, 0.29) is 117 Å². The predicted octanol–water partition coefficient (Wildman–Crippen LogP) is 7.20. The molecule has 44 heteroatoms. The molecule has 109 heavy (non-hydrogen) atoms. The Bertz CT molecular complexity index is 4710. The van der Waals surface area contributed by atoms with Crippen LogP contribution in [0.15, 0.2) is 42.5 Å². The van der Waals surface area contributed by atoms with Crippen LogP contribution in [0.3, 0.4) is 0 Å². The van der Waals surface area contributed by atoms with Crippen molar-refractivity contribution in [3.63, 3.8) is 0 Å². The van der Waals surface area contributed by atoms with E-state index in [0.29, 0.717) is 46.3 Å². The maximum atomic E-state index is 14.4. The van der Waals surface area contributed by atoms with Crippen molar-refractivity contribution in [2.45, 2.75) is 96.1 Å². The lowest BCUT2D eigenvalue weighted by Crippen LogP contribution is -2.44. The minimum absolute atomic E-state index is 0.0247. The number of carbonyl (C=O) groups excluding carboxylic acids is 9. The van der Waals surface area contributed by atoms with Crippen molar-refractivity contribution >= 4 is 93.6 Å². The van der Waals surface area contributed by atoms with Gasteiger partial charge in [-0.15, -0.1) is 0 Å². The molecule has 0 radical (unpaired) electrons. The van der Waals surface area contributed by atoms with Gasteiger partial charge in [-0.05, 0) is 36.4 Å². The van der Waals surface area contributed by atoms with E-state index in [9.17, 15) is 91.4 Å². The topological polar surface area (TPSA) is 309 Å². The maximum Gasteiger partial charge on any atom is 0.322 e. The van der Waals surface area contributed by atoms with Crippen molar-refractivity contribution in [3.8, 4) is 0 Å². The molecule has 0 bridgehead atoms. The third kappa shape index (κ3) is 17.5. The normalized spacial score (nSPS) is 17.3. The molecule has 0 fully saturated rings. The van der Waals surface area contributed by atoms with E-state index < -0.39 is 146 Å². The molecule has 0 aliphatic carbocycles. The summed E-state index contributed by atoms with van der Waals surface area (Å²) in [5.74, 6) is -9.09. The highest BCUT2D eigenvalue weighted by molar-refractivity contribution is 6.31. The lowest BCUT2D eigenvalue weighted by atomic mass is 10.1. The van der Waals surface area contributed by atoms with Crippen LogP contribution in [0.2, 0.25) is 5.02 Å². The summed E-state index contributed by atoms with van der Waals surface area (Å²) in [6.45, 7) is 11.4. The average Bonchev–Trinajstić information content (AvgIpc) is 1.63. The Morgan fingerprint density at radius 2 is 0.881 bits per heavy atom. The highest BCUT2D eigenvalue weighted by Crippen LogP contribution is 2.34. The molecule has 9 heterocycles. The van der Waals surface area contributed by atoms with E-state index in [1.807, 2.05) is 0 Å². The van der Waals surface area contributed by atoms with Crippen LogP contribution in [0, 0.1) is 42.2 Å². The number of likely N-dealkylation sites (N-methyl/N-ethyl adjacent to an activating group) is 3. The number of alkyl halides is 6. The van der Waals surface area contributed by atoms with Gasteiger partial charge in [-0.1, -0.05) is 11.6 Å². The first-order chi connectivity index (χ1) is 51.5. The second kappa shape index (κ2) is 33.2. The fourth-order valence-corrected chi connectivity index (χ4v) is 12.4. The van der Waals surface area contributed by atoms with Crippen LogP contribution in [-0.2, 0) is 87.4 Å². The van der Waals surface area contributed by atoms with Gasteiger partial charge in [-0.2, -0.15) is 15.3 Å². The van der Waals surface area contributed by atoms with Gasteiger partial charge in [0.25, 0.3) is 60.4 Å². The number of nitrogens with zero attached hydrogens (tertiary/aromatic N) is 17. The molecule has 6 aromatic rings. The van der Waals surface area contributed by atoms with Gasteiger partial charge in [0.05, 0.1) is 106 Å². The number of hydroxylamine groups is 6. The second-order valence-electron chi connectivity index (χ2n) is 25.1. The number of hydrogen-bond donors (Lipinski definition) is 3. The number of nitrogens with one attached hydrogen (secondary N) is 3. The zero-order valence-corrected chi connectivity index (χ0v) is 58.9. The molecule has 12 amide bonds. The number of amides is 12. The van der Waals surface area contributed by atoms with Crippen LogP contribution in [0.4, 0.5) is 91.1 Å². The summed E-state index contributed by atoms with van der Waals surface area (Å²) >= 11 is 5.67. The minimum atomic E-state index is -2.75.